The van der Waals surface area contributed by atoms with Crippen LogP contribution in [0.2, 0.25) is 0 Å². The first-order valence-electron chi connectivity index (χ1n) is 3.38. The van der Waals surface area contributed by atoms with E-state index in [4.69, 9.17) is 19.6 Å². The van der Waals surface area contributed by atoms with Crippen LogP contribution in [0.15, 0.2) is 0 Å². The molecule has 10 heteroatoms. The van der Waals surface area contributed by atoms with E-state index >= 15 is 0 Å². The van der Waals surface area contributed by atoms with Gasteiger partial charge in [0.2, 0.25) is 5.52 Å². The van der Waals surface area contributed by atoms with Gasteiger partial charge in [-0.3, -0.25) is 19.2 Å². The molecule has 0 saturated carbocycles. The highest BCUT2D eigenvalue weighted by Crippen LogP contribution is 2.58. The Morgan fingerprint density at radius 3 is 1.79 bits per heavy atom. The predicted octanol–water partition coefficient (Wildman–Crippen LogP) is -1.20. The predicted molar refractivity (Wildman–Crippen MR) is 46.6 cm³/mol. The molecule has 84 valence electrons. The largest absolute Gasteiger partial charge is 0.354 e. The van der Waals surface area contributed by atoms with Crippen molar-refractivity contribution in [1.29, 1.82) is 0 Å². The Kier molecular flexibility index (Phi) is 4.61. The topological polar surface area (TPSA) is 144 Å². The van der Waals surface area contributed by atoms with Crippen molar-refractivity contribution in [3.63, 3.8) is 0 Å². The Hall–Kier alpha value is -0.0700. The minimum Gasteiger partial charge on any atom is -0.323 e. The molecule has 0 atom stereocenters. The van der Waals surface area contributed by atoms with Crippen LogP contribution in [0.25, 0.3) is 0 Å². The third-order valence-corrected chi connectivity index (χ3v) is 4.62. The molecule has 0 amide bonds. The van der Waals surface area contributed by atoms with Gasteiger partial charge in [0.1, 0.15) is 5.78 Å². The van der Waals surface area contributed by atoms with Gasteiger partial charge in [-0.25, -0.2) is 0 Å². The van der Waals surface area contributed by atoms with E-state index in [2.05, 4.69) is 0 Å². The molecule has 14 heavy (non-hydrogen) atoms. The molecule has 0 aliphatic rings. The van der Waals surface area contributed by atoms with Crippen molar-refractivity contribution in [2.24, 2.45) is 0 Å². The molecule has 0 aromatic heterocycles. The smallest absolute Gasteiger partial charge is 0.323 e. The maximum atomic E-state index is 10.6. The van der Waals surface area contributed by atoms with Gasteiger partial charge in [0, 0.05) is 0 Å². The summed E-state index contributed by atoms with van der Waals surface area (Å²) in [5.41, 5.74) is -2.32. The van der Waals surface area contributed by atoms with E-state index in [1.165, 1.54) is 0 Å². The third kappa shape index (κ3) is 4.97. The molecular weight excluding hydrogens is 236 g/mol. The van der Waals surface area contributed by atoms with Gasteiger partial charge in [0.15, 0.2) is 0 Å². The van der Waals surface area contributed by atoms with Crippen molar-refractivity contribution >= 4 is 21.0 Å². The third-order valence-electron chi connectivity index (χ3n) is 1.17. The Labute approximate surface area is 79.6 Å². The summed E-state index contributed by atoms with van der Waals surface area (Å²) < 4.78 is 21.2. The molecule has 0 rings (SSSR count). The second kappa shape index (κ2) is 4.63. The molecule has 0 saturated heterocycles. The highest BCUT2D eigenvalue weighted by Gasteiger charge is 2.43. The van der Waals surface area contributed by atoms with Crippen LogP contribution >= 0.6 is 15.2 Å². The van der Waals surface area contributed by atoms with E-state index in [9.17, 15) is 13.9 Å². The van der Waals surface area contributed by atoms with Crippen molar-refractivity contribution in [3.05, 3.63) is 0 Å². The minimum absolute atomic E-state index is 0.489. The van der Waals surface area contributed by atoms with Gasteiger partial charge in [0.25, 0.3) is 0 Å². The second-order valence-electron chi connectivity index (χ2n) is 2.63. The highest BCUT2D eigenvalue weighted by atomic mass is 31.2. The second-order valence-corrected chi connectivity index (χ2v) is 6.43. The summed E-state index contributed by atoms with van der Waals surface area (Å²) in [6.45, 7) is 0.601. The van der Waals surface area contributed by atoms with Crippen LogP contribution in [0.5, 0.6) is 0 Å². The van der Waals surface area contributed by atoms with Gasteiger partial charge < -0.3 is 19.6 Å². The maximum Gasteiger partial charge on any atom is 0.354 e. The molecule has 0 heterocycles. The Balaban J connectivity index is 4.69. The molecule has 0 bridgehead atoms. The number of nitrogens with one attached hydrogen (secondary N) is 1. The standard InChI is InChI=1S/C4H11NO7P2/c1-3(6)2-5-4(13(7,8)9)14(10,11)12/h4-5H,2H2,1H3,(H2,7,8,9)(H2,10,11,12). The van der Waals surface area contributed by atoms with Crippen LogP contribution in [0.1, 0.15) is 6.92 Å². The molecule has 0 unspecified atom stereocenters. The van der Waals surface area contributed by atoms with E-state index in [-0.39, 0.29) is 0 Å². The fourth-order valence-electron chi connectivity index (χ4n) is 0.669. The molecule has 0 aromatic carbocycles. The molecule has 5 N–H and O–H groups in total. The molecule has 0 radical (unpaired) electrons. The number of ketones is 1. The molecule has 0 aliphatic carbocycles. The Morgan fingerprint density at radius 2 is 1.57 bits per heavy atom. The van der Waals surface area contributed by atoms with Gasteiger partial charge in [-0.05, 0) is 6.92 Å². The zero-order valence-corrected chi connectivity index (χ0v) is 8.98. The number of hydrogen-bond acceptors (Lipinski definition) is 4. The lowest BCUT2D eigenvalue weighted by molar-refractivity contribution is -0.116. The lowest BCUT2D eigenvalue weighted by atomic mass is 10.5. The van der Waals surface area contributed by atoms with E-state index in [1.807, 2.05) is 5.32 Å². The van der Waals surface area contributed by atoms with Crippen LogP contribution in [0.4, 0.5) is 0 Å². The van der Waals surface area contributed by atoms with E-state index in [0.717, 1.165) is 6.92 Å². The molecule has 0 aliphatic heterocycles. The zero-order valence-electron chi connectivity index (χ0n) is 7.19. The zero-order chi connectivity index (χ0) is 11.6. The molecular formula is C4H11NO7P2. The van der Waals surface area contributed by atoms with Crippen LogP contribution in [0, 0.1) is 0 Å². The van der Waals surface area contributed by atoms with Crippen molar-refractivity contribution in [1.82, 2.24) is 5.32 Å². The quantitative estimate of drug-likeness (QED) is 0.381. The molecule has 0 aromatic rings. The first-order chi connectivity index (χ1) is 6.05. The summed E-state index contributed by atoms with van der Waals surface area (Å²) in [5.74, 6) is -0.489. The summed E-state index contributed by atoms with van der Waals surface area (Å²) in [7, 11) is -9.96. The molecule has 0 spiro atoms. The molecule has 0 fully saturated rings. The minimum atomic E-state index is -4.98. The monoisotopic (exact) mass is 247 g/mol. The van der Waals surface area contributed by atoms with E-state index in [1.54, 1.807) is 0 Å². The van der Waals surface area contributed by atoms with Gasteiger partial charge in [0.05, 0.1) is 6.54 Å². The van der Waals surface area contributed by atoms with Crippen molar-refractivity contribution in [2.45, 2.75) is 12.4 Å². The lowest BCUT2D eigenvalue weighted by Gasteiger charge is -2.19. The van der Waals surface area contributed by atoms with Crippen LogP contribution in [0.3, 0.4) is 0 Å². The summed E-state index contributed by atoms with van der Waals surface area (Å²) in [4.78, 5) is 44.7. The number of carbonyl (C=O) groups excluding carboxylic acids is 1. The summed E-state index contributed by atoms with van der Waals surface area (Å²) in [6.07, 6.45) is 0. The average molecular weight is 247 g/mol. The fraction of sp³-hybridized carbons (Fsp3) is 0.750. The summed E-state index contributed by atoms with van der Waals surface area (Å²) in [5, 5.41) is 1.82. The number of Topliss-reactive ketones (excluding diaryl/α,β-unsaturated/α-hetero) is 1. The number of hydrogen-bond donors (Lipinski definition) is 5. The molecule has 8 nitrogen and oxygen atoms in total. The lowest BCUT2D eigenvalue weighted by Crippen LogP contribution is -2.32. The van der Waals surface area contributed by atoms with Crippen LogP contribution in [-0.2, 0) is 13.9 Å². The van der Waals surface area contributed by atoms with Crippen molar-refractivity contribution < 1.29 is 33.5 Å². The summed E-state index contributed by atoms with van der Waals surface area (Å²) >= 11 is 0. The van der Waals surface area contributed by atoms with Crippen LogP contribution < -0.4 is 5.32 Å². The van der Waals surface area contributed by atoms with Crippen molar-refractivity contribution in [2.75, 3.05) is 6.54 Å². The van der Waals surface area contributed by atoms with Gasteiger partial charge in [-0.15, -0.1) is 0 Å². The van der Waals surface area contributed by atoms with Gasteiger partial charge in [-0.2, -0.15) is 0 Å². The van der Waals surface area contributed by atoms with E-state index in [0.29, 0.717) is 0 Å². The van der Waals surface area contributed by atoms with Gasteiger partial charge >= 0.3 is 15.2 Å². The fourth-order valence-corrected chi connectivity index (χ4v) is 2.89. The Morgan fingerprint density at radius 1 is 1.21 bits per heavy atom. The SMILES string of the molecule is CC(=O)CNC(P(=O)(O)O)P(=O)(O)O. The maximum absolute atomic E-state index is 10.6. The first kappa shape index (κ1) is 13.9. The number of rotatable bonds is 5. The normalized spacial score (nSPS) is 13.3. The summed E-state index contributed by atoms with van der Waals surface area (Å²) in [6, 6.07) is 0. The average Bonchev–Trinajstić information content (AvgIpc) is 1.78. The number of carbonyl (C=O) groups is 1. The Bertz CT molecular complexity index is 281. The van der Waals surface area contributed by atoms with Crippen molar-refractivity contribution in [3.8, 4) is 0 Å². The van der Waals surface area contributed by atoms with Gasteiger partial charge in [-0.1, -0.05) is 0 Å². The van der Waals surface area contributed by atoms with Crippen LogP contribution in [-0.4, -0.2) is 37.4 Å². The van der Waals surface area contributed by atoms with E-state index < -0.39 is 33.0 Å². The first-order valence-corrected chi connectivity index (χ1v) is 6.74. The highest BCUT2D eigenvalue weighted by molar-refractivity contribution is 7.70.